The van der Waals surface area contributed by atoms with Crippen LogP contribution in [-0.2, 0) is 4.74 Å². The first-order chi connectivity index (χ1) is 9.24. The number of para-hydroxylation sites is 1. The van der Waals surface area contributed by atoms with Gasteiger partial charge in [-0.3, -0.25) is 4.90 Å². The Morgan fingerprint density at radius 2 is 2.05 bits per heavy atom. The first kappa shape index (κ1) is 13.8. The molecule has 1 aliphatic heterocycles. The van der Waals surface area contributed by atoms with Crippen molar-refractivity contribution in [1.82, 2.24) is 10.2 Å². The fraction of sp³-hybridized carbons (Fsp3) is 0.500. The zero-order chi connectivity index (χ0) is 13.5. The minimum Gasteiger partial charge on any atom is -0.410 e. The minimum absolute atomic E-state index is 0.0503. The van der Waals surface area contributed by atoms with Crippen LogP contribution in [0.25, 0.3) is 0 Å². The highest BCUT2D eigenvalue weighted by Crippen LogP contribution is 2.08. The molecular weight excluding hydrogens is 244 g/mol. The van der Waals surface area contributed by atoms with Crippen molar-refractivity contribution in [3.05, 3.63) is 30.3 Å². The summed E-state index contributed by atoms with van der Waals surface area (Å²) in [7, 11) is 0. The van der Waals surface area contributed by atoms with E-state index >= 15 is 0 Å². The molecule has 1 N–H and O–H groups in total. The molecule has 104 valence electrons. The van der Waals surface area contributed by atoms with Gasteiger partial charge in [-0.05, 0) is 19.1 Å². The highest BCUT2D eigenvalue weighted by molar-refractivity contribution is 5.70. The summed E-state index contributed by atoms with van der Waals surface area (Å²) < 4.78 is 10.5. The van der Waals surface area contributed by atoms with Crippen LogP contribution in [0.4, 0.5) is 4.79 Å². The Bertz CT molecular complexity index is 391. The molecule has 1 heterocycles. The lowest BCUT2D eigenvalue weighted by molar-refractivity contribution is 0.0346. The number of hydrogen-bond acceptors (Lipinski definition) is 4. The third-order valence-corrected chi connectivity index (χ3v) is 2.95. The molecule has 1 aromatic carbocycles. The Morgan fingerprint density at radius 1 is 1.37 bits per heavy atom. The van der Waals surface area contributed by atoms with E-state index in [9.17, 15) is 4.79 Å². The van der Waals surface area contributed by atoms with E-state index in [-0.39, 0.29) is 6.04 Å². The summed E-state index contributed by atoms with van der Waals surface area (Å²) in [5, 5.41) is 2.83. The lowest BCUT2D eigenvalue weighted by atomic mass is 10.3. The zero-order valence-corrected chi connectivity index (χ0v) is 11.2. The summed E-state index contributed by atoms with van der Waals surface area (Å²) in [6.45, 7) is 6.15. The monoisotopic (exact) mass is 264 g/mol. The number of rotatable bonds is 4. The van der Waals surface area contributed by atoms with Crippen molar-refractivity contribution >= 4 is 6.09 Å². The molecule has 0 aromatic heterocycles. The van der Waals surface area contributed by atoms with Gasteiger partial charge < -0.3 is 14.8 Å². The molecule has 0 radical (unpaired) electrons. The van der Waals surface area contributed by atoms with Gasteiger partial charge in [0.15, 0.2) is 0 Å². The van der Waals surface area contributed by atoms with Crippen LogP contribution in [0, 0.1) is 0 Å². The van der Waals surface area contributed by atoms with Gasteiger partial charge in [-0.1, -0.05) is 18.2 Å². The Hall–Kier alpha value is -1.59. The van der Waals surface area contributed by atoms with Gasteiger partial charge in [-0.25, -0.2) is 4.79 Å². The number of carbonyl (C=O) groups is 1. The largest absolute Gasteiger partial charge is 0.412 e. The maximum atomic E-state index is 11.7. The minimum atomic E-state index is -0.410. The second-order valence-corrected chi connectivity index (χ2v) is 4.66. The van der Waals surface area contributed by atoms with Gasteiger partial charge >= 0.3 is 6.09 Å². The number of carbonyl (C=O) groups excluding carboxylic acids is 1. The molecule has 5 nitrogen and oxygen atoms in total. The van der Waals surface area contributed by atoms with E-state index in [2.05, 4.69) is 10.2 Å². The lowest BCUT2D eigenvalue weighted by Crippen LogP contribution is -2.46. The van der Waals surface area contributed by atoms with E-state index in [1.165, 1.54) is 0 Å². The van der Waals surface area contributed by atoms with Crippen LogP contribution >= 0.6 is 0 Å². The van der Waals surface area contributed by atoms with Crippen LogP contribution in [0.3, 0.4) is 0 Å². The maximum absolute atomic E-state index is 11.7. The molecule has 1 fully saturated rings. The van der Waals surface area contributed by atoms with E-state index in [1.54, 1.807) is 12.1 Å². The van der Waals surface area contributed by atoms with Crippen LogP contribution in [0.15, 0.2) is 30.3 Å². The lowest BCUT2D eigenvalue weighted by Gasteiger charge is -2.29. The van der Waals surface area contributed by atoms with Crippen molar-refractivity contribution < 1.29 is 14.3 Å². The first-order valence-electron chi connectivity index (χ1n) is 6.57. The van der Waals surface area contributed by atoms with Crippen molar-refractivity contribution in [2.75, 3.05) is 32.8 Å². The van der Waals surface area contributed by atoms with E-state index in [4.69, 9.17) is 9.47 Å². The van der Waals surface area contributed by atoms with Crippen molar-refractivity contribution in [3.63, 3.8) is 0 Å². The van der Waals surface area contributed by atoms with E-state index in [0.29, 0.717) is 5.75 Å². The summed E-state index contributed by atoms with van der Waals surface area (Å²) in [4.78, 5) is 14.0. The molecule has 1 aromatic rings. The molecule has 0 spiro atoms. The Balaban J connectivity index is 1.72. The topological polar surface area (TPSA) is 50.8 Å². The van der Waals surface area contributed by atoms with Gasteiger partial charge in [0.1, 0.15) is 5.75 Å². The molecule has 2 rings (SSSR count). The Kier molecular flexibility index (Phi) is 5.18. The van der Waals surface area contributed by atoms with Gasteiger partial charge in [-0.2, -0.15) is 0 Å². The van der Waals surface area contributed by atoms with Gasteiger partial charge in [0, 0.05) is 25.7 Å². The number of nitrogens with one attached hydrogen (secondary N) is 1. The third kappa shape index (κ3) is 4.89. The third-order valence-electron chi connectivity index (χ3n) is 2.95. The molecule has 1 saturated heterocycles. The SMILES string of the molecule is CC(CN1CCOCC1)NC(=O)Oc1ccccc1. The molecular formula is C14H20N2O3. The second kappa shape index (κ2) is 7.11. The number of ether oxygens (including phenoxy) is 2. The summed E-state index contributed by atoms with van der Waals surface area (Å²) in [5.74, 6) is 0.554. The fourth-order valence-electron chi connectivity index (χ4n) is 2.04. The van der Waals surface area contributed by atoms with Gasteiger partial charge in [0.2, 0.25) is 0 Å². The summed E-state index contributed by atoms with van der Waals surface area (Å²) in [5.41, 5.74) is 0. The number of hydrogen-bond donors (Lipinski definition) is 1. The van der Waals surface area contributed by atoms with E-state index < -0.39 is 6.09 Å². The van der Waals surface area contributed by atoms with Crippen LogP contribution in [-0.4, -0.2) is 49.9 Å². The second-order valence-electron chi connectivity index (χ2n) is 4.66. The molecule has 0 bridgehead atoms. The number of amides is 1. The Morgan fingerprint density at radius 3 is 2.74 bits per heavy atom. The zero-order valence-electron chi connectivity index (χ0n) is 11.2. The summed E-state index contributed by atoms with van der Waals surface area (Å²) >= 11 is 0. The highest BCUT2D eigenvalue weighted by atomic mass is 16.6. The Labute approximate surface area is 113 Å². The van der Waals surface area contributed by atoms with Crippen LogP contribution in [0.5, 0.6) is 5.75 Å². The molecule has 1 unspecified atom stereocenters. The molecule has 0 saturated carbocycles. The normalized spacial score (nSPS) is 17.7. The molecule has 1 amide bonds. The maximum Gasteiger partial charge on any atom is 0.412 e. The number of morpholine rings is 1. The number of benzene rings is 1. The standard InChI is InChI=1S/C14H20N2O3/c1-12(11-16-7-9-18-10-8-16)15-14(17)19-13-5-3-2-4-6-13/h2-6,12H,7-11H2,1H3,(H,15,17). The van der Waals surface area contributed by atoms with Gasteiger partial charge in [0.25, 0.3) is 0 Å². The molecule has 5 heteroatoms. The van der Waals surface area contributed by atoms with Crippen molar-refractivity contribution in [1.29, 1.82) is 0 Å². The molecule has 1 aliphatic rings. The van der Waals surface area contributed by atoms with Crippen LogP contribution < -0.4 is 10.1 Å². The van der Waals surface area contributed by atoms with Gasteiger partial charge in [-0.15, -0.1) is 0 Å². The highest BCUT2D eigenvalue weighted by Gasteiger charge is 2.15. The van der Waals surface area contributed by atoms with Crippen molar-refractivity contribution in [2.24, 2.45) is 0 Å². The van der Waals surface area contributed by atoms with Crippen molar-refractivity contribution in [2.45, 2.75) is 13.0 Å². The van der Waals surface area contributed by atoms with E-state index in [1.807, 2.05) is 25.1 Å². The average molecular weight is 264 g/mol. The van der Waals surface area contributed by atoms with E-state index in [0.717, 1.165) is 32.8 Å². The predicted molar refractivity (Wildman–Crippen MR) is 72.3 cm³/mol. The molecule has 1 atom stereocenters. The molecule has 0 aliphatic carbocycles. The first-order valence-corrected chi connectivity index (χ1v) is 6.57. The molecule has 19 heavy (non-hydrogen) atoms. The van der Waals surface area contributed by atoms with Crippen LogP contribution in [0.2, 0.25) is 0 Å². The van der Waals surface area contributed by atoms with Crippen molar-refractivity contribution in [3.8, 4) is 5.75 Å². The average Bonchev–Trinajstić information content (AvgIpc) is 2.40. The fourth-order valence-corrected chi connectivity index (χ4v) is 2.04. The summed E-state index contributed by atoms with van der Waals surface area (Å²) in [6.07, 6.45) is -0.410. The quantitative estimate of drug-likeness (QED) is 0.895. The predicted octanol–water partition coefficient (Wildman–Crippen LogP) is 1.50. The van der Waals surface area contributed by atoms with Gasteiger partial charge in [0.05, 0.1) is 13.2 Å². The van der Waals surface area contributed by atoms with Crippen LogP contribution in [0.1, 0.15) is 6.92 Å². The number of nitrogens with zero attached hydrogens (tertiary/aromatic N) is 1. The summed E-state index contributed by atoms with van der Waals surface area (Å²) in [6, 6.07) is 9.11. The smallest absolute Gasteiger partial charge is 0.410 e.